The number of methoxy groups -OCH3 is 2. The van der Waals surface area contributed by atoms with Crippen LogP contribution in [-0.4, -0.2) is 87.9 Å². The molecule has 3 atom stereocenters. The first-order valence-electron chi connectivity index (χ1n) is 11.8. The van der Waals surface area contributed by atoms with Crippen LogP contribution in [0.2, 0.25) is 0 Å². The molecule has 1 aromatic carbocycles. The zero-order valence-corrected chi connectivity index (χ0v) is 19.5. The van der Waals surface area contributed by atoms with Crippen LogP contribution in [0.3, 0.4) is 0 Å². The van der Waals surface area contributed by atoms with E-state index in [1.54, 1.807) is 20.5 Å². The number of hydrogen-bond donors (Lipinski definition) is 0. The molecule has 2 fully saturated rings. The third-order valence-electron chi connectivity index (χ3n) is 7.07. The van der Waals surface area contributed by atoms with E-state index in [0.717, 1.165) is 70.7 Å². The number of carbonyl (C=O) groups is 1. The topological polar surface area (TPSA) is 60.5 Å². The molecule has 2 heterocycles. The molecule has 1 aromatic rings. The Morgan fingerprint density at radius 2 is 1.78 bits per heavy atom. The lowest BCUT2D eigenvalue weighted by atomic mass is 9.78. The molecule has 3 unspecified atom stereocenters. The van der Waals surface area contributed by atoms with Gasteiger partial charge in [0.05, 0.1) is 44.7 Å². The van der Waals surface area contributed by atoms with Crippen molar-refractivity contribution >= 4 is 11.4 Å². The largest absolute Gasteiger partial charge is 0.496 e. The fourth-order valence-electron chi connectivity index (χ4n) is 5.00. The summed E-state index contributed by atoms with van der Waals surface area (Å²) in [6.07, 6.45) is 4.17. The molecule has 2 aliphatic heterocycles. The molecule has 7 nitrogen and oxygen atoms in total. The van der Waals surface area contributed by atoms with Crippen LogP contribution < -0.4 is 9.47 Å². The first kappa shape index (κ1) is 23.1. The van der Waals surface area contributed by atoms with Gasteiger partial charge in [-0.15, -0.1) is 0 Å². The number of Topliss-reactive ketones (excluding diaryl/α,β-unsaturated/α-hetero) is 1. The Bertz CT molecular complexity index is 819. The normalized spacial score (nSPS) is 26.8. The molecule has 0 aromatic heterocycles. The van der Waals surface area contributed by atoms with E-state index in [-0.39, 0.29) is 23.9 Å². The highest BCUT2D eigenvalue weighted by molar-refractivity contribution is 6.22. The van der Waals surface area contributed by atoms with Crippen LogP contribution in [-0.2, 0) is 14.3 Å². The summed E-state index contributed by atoms with van der Waals surface area (Å²) < 4.78 is 22.9. The minimum Gasteiger partial charge on any atom is -0.496 e. The van der Waals surface area contributed by atoms with Gasteiger partial charge in [-0.2, -0.15) is 0 Å². The number of likely N-dealkylation sites (N-methyl/N-ethyl adjacent to an activating group) is 1. The first-order chi connectivity index (χ1) is 15.6. The van der Waals surface area contributed by atoms with Gasteiger partial charge in [0.1, 0.15) is 6.10 Å². The lowest BCUT2D eigenvalue weighted by Gasteiger charge is -2.38. The second-order valence-corrected chi connectivity index (χ2v) is 8.83. The van der Waals surface area contributed by atoms with Gasteiger partial charge in [-0.05, 0) is 37.1 Å². The van der Waals surface area contributed by atoms with Gasteiger partial charge in [0.25, 0.3) is 0 Å². The molecule has 7 heteroatoms. The molecule has 0 spiro atoms. The highest BCUT2D eigenvalue weighted by Crippen LogP contribution is 2.39. The van der Waals surface area contributed by atoms with Gasteiger partial charge in [-0.3, -0.25) is 9.69 Å². The second-order valence-electron chi connectivity index (χ2n) is 8.83. The van der Waals surface area contributed by atoms with Gasteiger partial charge >= 0.3 is 0 Å². The van der Waals surface area contributed by atoms with Gasteiger partial charge in [-0.25, -0.2) is 0 Å². The zero-order valence-electron chi connectivity index (χ0n) is 19.5. The molecule has 1 saturated carbocycles. The molecular weight excluding hydrogens is 408 g/mol. The van der Waals surface area contributed by atoms with Crippen LogP contribution in [0.25, 0.3) is 5.57 Å². The maximum absolute atomic E-state index is 13.2. The predicted molar refractivity (Wildman–Crippen MR) is 123 cm³/mol. The number of ether oxygens (including phenoxy) is 4. The number of benzene rings is 1. The molecule has 0 amide bonds. The van der Waals surface area contributed by atoms with E-state index < -0.39 is 0 Å². The summed E-state index contributed by atoms with van der Waals surface area (Å²) in [7, 11) is 3.20. The Morgan fingerprint density at radius 1 is 1.03 bits per heavy atom. The lowest BCUT2D eigenvalue weighted by molar-refractivity contribution is -0.128. The molecule has 3 aliphatic rings. The quantitative estimate of drug-likeness (QED) is 0.611. The Kier molecular flexibility index (Phi) is 7.71. The smallest absolute Gasteiger partial charge is 0.173 e. The number of rotatable bonds is 8. The highest BCUT2D eigenvalue weighted by Gasteiger charge is 2.40. The predicted octanol–water partition coefficient (Wildman–Crippen LogP) is 2.84. The standard InChI is InChI=1S/C25H36N2O5/c1-4-26-9-11-27(12-10-26)13-14-31-19-6-7-20-23(16-19)32-17-21(25(20)28)18-5-8-22(29-2)24(15-18)30-3/h5,8,15,17,19-20,23H,4,6-7,9-14,16H2,1-3H3. The van der Waals surface area contributed by atoms with Crippen molar-refractivity contribution in [2.75, 3.05) is 60.1 Å². The zero-order chi connectivity index (χ0) is 22.5. The minimum absolute atomic E-state index is 0.0988. The van der Waals surface area contributed by atoms with Crippen molar-refractivity contribution in [2.24, 2.45) is 5.92 Å². The van der Waals surface area contributed by atoms with Crippen LogP contribution in [0.4, 0.5) is 0 Å². The average molecular weight is 445 g/mol. The van der Waals surface area contributed by atoms with E-state index in [0.29, 0.717) is 17.1 Å². The monoisotopic (exact) mass is 444 g/mol. The third kappa shape index (κ3) is 5.11. The SMILES string of the molecule is CCN1CCN(CCOC2CCC3C(=O)C(c4ccc(OC)c(OC)c4)=COC3C2)CC1. The number of ketones is 1. The van der Waals surface area contributed by atoms with Gasteiger partial charge < -0.3 is 23.8 Å². The van der Waals surface area contributed by atoms with Crippen molar-refractivity contribution in [1.82, 2.24) is 9.80 Å². The summed E-state index contributed by atoms with van der Waals surface area (Å²) in [5.41, 5.74) is 1.41. The summed E-state index contributed by atoms with van der Waals surface area (Å²) >= 11 is 0. The molecule has 1 saturated heterocycles. The van der Waals surface area contributed by atoms with Crippen molar-refractivity contribution in [2.45, 2.75) is 38.4 Å². The van der Waals surface area contributed by atoms with E-state index in [1.165, 1.54) is 0 Å². The van der Waals surface area contributed by atoms with Crippen molar-refractivity contribution < 1.29 is 23.7 Å². The lowest BCUT2D eigenvalue weighted by Crippen LogP contribution is -2.47. The summed E-state index contributed by atoms with van der Waals surface area (Å²) in [5.74, 6) is 1.30. The molecule has 176 valence electrons. The first-order valence-corrected chi connectivity index (χ1v) is 11.8. The average Bonchev–Trinajstić information content (AvgIpc) is 2.84. The van der Waals surface area contributed by atoms with E-state index in [2.05, 4.69) is 16.7 Å². The Balaban J connectivity index is 1.29. The summed E-state index contributed by atoms with van der Waals surface area (Å²) in [4.78, 5) is 18.2. The number of nitrogens with zero attached hydrogens (tertiary/aromatic N) is 2. The molecule has 4 rings (SSSR count). The Hall–Kier alpha value is -2.09. The van der Waals surface area contributed by atoms with Crippen molar-refractivity contribution in [1.29, 1.82) is 0 Å². The van der Waals surface area contributed by atoms with Gasteiger partial charge in [0, 0.05) is 39.1 Å². The maximum atomic E-state index is 13.2. The van der Waals surface area contributed by atoms with E-state index in [1.807, 2.05) is 18.2 Å². The maximum Gasteiger partial charge on any atom is 0.173 e. The van der Waals surface area contributed by atoms with E-state index in [4.69, 9.17) is 18.9 Å². The summed E-state index contributed by atoms with van der Waals surface area (Å²) in [6, 6.07) is 5.53. The number of hydrogen-bond acceptors (Lipinski definition) is 7. The Morgan fingerprint density at radius 3 is 2.50 bits per heavy atom. The molecule has 1 aliphatic carbocycles. The van der Waals surface area contributed by atoms with Crippen LogP contribution in [0.5, 0.6) is 11.5 Å². The van der Waals surface area contributed by atoms with E-state index >= 15 is 0 Å². The fraction of sp³-hybridized carbons (Fsp3) is 0.640. The van der Waals surface area contributed by atoms with Crippen molar-refractivity contribution in [3.05, 3.63) is 30.0 Å². The van der Waals surface area contributed by atoms with Gasteiger partial charge in [-0.1, -0.05) is 13.0 Å². The molecule has 0 bridgehead atoms. The van der Waals surface area contributed by atoms with E-state index in [9.17, 15) is 4.79 Å². The van der Waals surface area contributed by atoms with Crippen molar-refractivity contribution in [3.63, 3.8) is 0 Å². The number of carbonyl (C=O) groups excluding carboxylic acids is 1. The molecule has 0 radical (unpaired) electrons. The Labute approximate surface area is 191 Å². The highest BCUT2D eigenvalue weighted by atomic mass is 16.5. The van der Waals surface area contributed by atoms with Gasteiger partial charge in [0.15, 0.2) is 17.3 Å². The molecule has 32 heavy (non-hydrogen) atoms. The minimum atomic E-state index is -0.106. The summed E-state index contributed by atoms with van der Waals surface area (Å²) in [6.45, 7) is 9.61. The van der Waals surface area contributed by atoms with Crippen LogP contribution in [0.1, 0.15) is 31.7 Å². The van der Waals surface area contributed by atoms with Crippen LogP contribution in [0.15, 0.2) is 24.5 Å². The molecular formula is C25H36N2O5. The van der Waals surface area contributed by atoms with Gasteiger partial charge in [0.2, 0.25) is 0 Å². The summed E-state index contributed by atoms with van der Waals surface area (Å²) in [5, 5.41) is 0. The van der Waals surface area contributed by atoms with Crippen molar-refractivity contribution in [3.8, 4) is 11.5 Å². The fourth-order valence-corrected chi connectivity index (χ4v) is 5.00. The third-order valence-corrected chi connectivity index (χ3v) is 7.07. The van der Waals surface area contributed by atoms with Crippen LogP contribution >= 0.6 is 0 Å². The second kappa shape index (κ2) is 10.7. The number of allylic oxidation sites excluding steroid dienone is 1. The molecule has 0 N–H and O–H groups in total. The number of fused-ring (bicyclic) bond motifs is 1. The van der Waals surface area contributed by atoms with Crippen LogP contribution in [0, 0.1) is 5.92 Å². The number of piperazine rings is 1.